The van der Waals surface area contributed by atoms with Crippen LogP contribution in [0.1, 0.15) is 126 Å². The first-order chi connectivity index (χ1) is 21.3. The molecule has 0 heterocycles. The highest BCUT2D eigenvalue weighted by molar-refractivity contribution is 5.64. The molecule has 0 amide bonds. The van der Waals surface area contributed by atoms with Crippen LogP contribution in [0.15, 0.2) is 109 Å². The van der Waals surface area contributed by atoms with Gasteiger partial charge in [-0.3, -0.25) is 0 Å². The van der Waals surface area contributed by atoms with Crippen LogP contribution in [-0.4, -0.2) is 0 Å². The molecule has 0 heteroatoms. The molecule has 0 atom stereocenters. The van der Waals surface area contributed by atoms with Crippen LogP contribution in [-0.2, 0) is 24.7 Å². The molecule has 0 aliphatic carbocycles. The lowest BCUT2D eigenvalue weighted by atomic mass is 9.85. The number of allylic oxidation sites excluding steroid dienone is 6. The monoisotopic (exact) mass is 605 g/mol. The van der Waals surface area contributed by atoms with Crippen molar-refractivity contribution in [2.45, 2.75) is 126 Å². The van der Waals surface area contributed by atoms with Crippen LogP contribution in [0.2, 0.25) is 0 Å². The Kier molecular flexibility index (Phi) is 18.8. The van der Waals surface area contributed by atoms with Gasteiger partial charge in [-0.1, -0.05) is 151 Å². The van der Waals surface area contributed by atoms with Gasteiger partial charge in [0, 0.05) is 0 Å². The SMILES string of the molecule is C=C(C)/C(C)=C/C=C\C.C=C(CCc1cccc(C(C)(C)C)c1)c1ccc(CCCC)c(C)c1.CCCCc1ccccc1C. The second-order valence-corrected chi connectivity index (χ2v) is 13.5. The smallest absolute Gasteiger partial charge is 0.0132 e. The Labute approximate surface area is 279 Å². The number of rotatable bonds is 12. The Bertz CT molecular complexity index is 1370. The number of unbranched alkanes of at least 4 members (excludes halogenated alkanes) is 2. The third kappa shape index (κ3) is 16.0. The summed E-state index contributed by atoms with van der Waals surface area (Å²) >= 11 is 0. The molecule has 0 fully saturated rings. The number of hydrogen-bond acceptors (Lipinski definition) is 0. The van der Waals surface area contributed by atoms with Gasteiger partial charge in [0.05, 0.1) is 0 Å². The van der Waals surface area contributed by atoms with Gasteiger partial charge in [0.2, 0.25) is 0 Å². The molecular weight excluding hydrogens is 540 g/mol. The molecule has 0 nitrogen and oxygen atoms in total. The van der Waals surface area contributed by atoms with Crippen molar-refractivity contribution in [3.63, 3.8) is 0 Å². The molecule has 244 valence electrons. The first-order valence-corrected chi connectivity index (χ1v) is 17.2. The summed E-state index contributed by atoms with van der Waals surface area (Å²) in [5, 5.41) is 0. The van der Waals surface area contributed by atoms with Gasteiger partial charge in [-0.05, 0) is 129 Å². The fourth-order valence-corrected chi connectivity index (χ4v) is 4.84. The number of hydrogen-bond donors (Lipinski definition) is 0. The van der Waals surface area contributed by atoms with Crippen molar-refractivity contribution in [1.82, 2.24) is 0 Å². The summed E-state index contributed by atoms with van der Waals surface area (Å²) in [6, 6.07) is 24.5. The second kappa shape index (κ2) is 21.4. The normalized spacial score (nSPS) is 11.4. The summed E-state index contributed by atoms with van der Waals surface area (Å²) in [4.78, 5) is 0. The predicted octanol–water partition coefficient (Wildman–Crippen LogP) is 13.7. The van der Waals surface area contributed by atoms with Crippen molar-refractivity contribution >= 4 is 5.57 Å². The molecule has 45 heavy (non-hydrogen) atoms. The van der Waals surface area contributed by atoms with Crippen LogP contribution >= 0.6 is 0 Å². The summed E-state index contributed by atoms with van der Waals surface area (Å²) in [6.45, 7) is 29.9. The van der Waals surface area contributed by atoms with Crippen molar-refractivity contribution in [1.29, 1.82) is 0 Å². The standard InChI is InChI=1S/C25H34.C11H16.C9H14/c1-7-8-11-22-15-16-23(17-20(22)3)19(2)13-14-21-10-9-12-24(18-21)25(4,5)6;1-3-4-8-11-9-6-5-7-10(11)2;1-5-6-7-9(4)8(2)3/h9-10,12,15-18H,2,7-8,11,13-14H2,1,3-6H3;5-7,9H,3-4,8H2,1-2H3;5-7H,2H2,1,3-4H3/b;;6-5-,9-7+. The molecule has 0 bridgehead atoms. The Balaban J connectivity index is 0.000000415. The highest BCUT2D eigenvalue weighted by Gasteiger charge is 2.13. The highest BCUT2D eigenvalue weighted by atomic mass is 14.2. The lowest BCUT2D eigenvalue weighted by Gasteiger charge is -2.20. The predicted molar refractivity (Wildman–Crippen MR) is 205 cm³/mol. The van der Waals surface area contributed by atoms with Crippen LogP contribution in [0.4, 0.5) is 0 Å². The molecule has 0 aromatic heterocycles. The van der Waals surface area contributed by atoms with Gasteiger partial charge in [-0.25, -0.2) is 0 Å². The summed E-state index contributed by atoms with van der Waals surface area (Å²) in [6.07, 6.45) is 15.7. The van der Waals surface area contributed by atoms with E-state index in [1.807, 2.05) is 26.0 Å². The largest absolute Gasteiger partial charge is 0.0958 e. The number of benzene rings is 3. The fraction of sp³-hybridized carbons (Fsp3) is 0.422. The van der Waals surface area contributed by atoms with Crippen molar-refractivity contribution in [3.05, 3.63) is 148 Å². The Morgan fingerprint density at radius 1 is 0.733 bits per heavy atom. The van der Waals surface area contributed by atoms with Gasteiger partial charge in [0.15, 0.2) is 0 Å². The molecule has 3 rings (SSSR count). The van der Waals surface area contributed by atoms with E-state index < -0.39 is 0 Å². The van der Waals surface area contributed by atoms with Crippen molar-refractivity contribution in [2.75, 3.05) is 0 Å². The Morgan fingerprint density at radius 2 is 1.36 bits per heavy atom. The first kappa shape index (κ1) is 39.6. The maximum Gasteiger partial charge on any atom is -0.0132 e. The average Bonchev–Trinajstić information content (AvgIpc) is 3.01. The molecule has 3 aromatic carbocycles. The van der Waals surface area contributed by atoms with Crippen LogP contribution in [0, 0.1) is 13.8 Å². The quantitative estimate of drug-likeness (QED) is 0.180. The lowest BCUT2D eigenvalue weighted by molar-refractivity contribution is 0.589. The van der Waals surface area contributed by atoms with Crippen LogP contribution in [0.25, 0.3) is 5.57 Å². The van der Waals surface area contributed by atoms with Crippen molar-refractivity contribution in [3.8, 4) is 0 Å². The van der Waals surface area contributed by atoms with Gasteiger partial charge < -0.3 is 0 Å². The van der Waals surface area contributed by atoms with E-state index in [0.717, 1.165) is 18.4 Å². The summed E-state index contributed by atoms with van der Waals surface area (Å²) in [5.41, 5.74) is 13.8. The van der Waals surface area contributed by atoms with E-state index in [9.17, 15) is 0 Å². The maximum atomic E-state index is 4.34. The van der Waals surface area contributed by atoms with E-state index in [1.165, 1.54) is 88.6 Å². The average molecular weight is 605 g/mol. The zero-order valence-electron chi connectivity index (χ0n) is 30.7. The second-order valence-electron chi connectivity index (χ2n) is 13.5. The van der Waals surface area contributed by atoms with E-state index in [0.29, 0.717) is 0 Å². The third-order valence-electron chi connectivity index (χ3n) is 8.33. The molecular formula is C45H64. The molecule has 3 aromatic rings. The molecule has 0 unspecified atom stereocenters. The molecule has 0 saturated heterocycles. The summed E-state index contributed by atoms with van der Waals surface area (Å²) in [5.74, 6) is 0. The molecule has 0 spiro atoms. The minimum absolute atomic E-state index is 0.207. The van der Waals surface area contributed by atoms with E-state index in [1.54, 1.807) is 0 Å². The fourth-order valence-electron chi connectivity index (χ4n) is 4.84. The van der Waals surface area contributed by atoms with Gasteiger partial charge >= 0.3 is 0 Å². The summed E-state index contributed by atoms with van der Waals surface area (Å²) in [7, 11) is 0. The Morgan fingerprint density at radius 3 is 1.89 bits per heavy atom. The van der Waals surface area contributed by atoms with Crippen molar-refractivity contribution < 1.29 is 0 Å². The third-order valence-corrected chi connectivity index (χ3v) is 8.33. The molecule has 0 aliphatic heterocycles. The number of aryl methyl sites for hydroxylation is 5. The maximum absolute atomic E-state index is 4.34. The molecule has 0 aliphatic rings. The lowest BCUT2D eigenvalue weighted by Crippen LogP contribution is -2.11. The van der Waals surface area contributed by atoms with Gasteiger partial charge in [-0.2, -0.15) is 0 Å². The Hall–Kier alpha value is -3.38. The van der Waals surface area contributed by atoms with E-state index in [4.69, 9.17) is 0 Å². The van der Waals surface area contributed by atoms with E-state index >= 15 is 0 Å². The van der Waals surface area contributed by atoms with Gasteiger partial charge in [0.25, 0.3) is 0 Å². The zero-order chi connectivity index (χ0) is 33.8. The van der Waals surface area contributed by atoms with Gasteiger partial charge in [0.1, 0.15) is 0 Å². The minimum Gasteiger partial charge on any atom is -0.0958 e. The van der Waals surface area contributed by atoms with Crippen LogP contribution in [0.5, 0.6) is 0 Å². The highest BCUT2D eigenvalue weighted by Crippen LogP contribution is 2.26. The summed E-state index contributed by atoms with van der Waals surface area (Å²) < 4.78 is 0. The van der Waals surface area contributed by atoms with Gasteiger partial charge in [-0.15, -0.1) is 0 Å². The zero-order valence-corrected chi connectivity index (χ0v) is 30.7. The van der Waals surface area contributed by atoms with Crippen LogP contribution in [0.3, 0.4) is 0 Å². The topological polar surface area (TPSA) is 0 Å². The molecule has 0 radical (unpaired) electrons. The van der Waals surface area contributed by atoms with E-state index in [-0.39, 0.29) is 5.41 Å². The minimum atomic E-state index is 0.207. The first-order valence-electron chi connectivity index (χ1n) is 17.2. The van der Waals surface area contributed by atoms with E-state index in [2.05, 4.69) is 141 Å². The molecule has 0 saturated carbocycles. The van der Waals surface area contributed by atoms with Crippen molar-refractivity contribution in [2.24, 2.45) is 0 Å². The van der Waals surface area contributed by atoms with Crippen LogP contribution < -0.4 is 0 Å². The molecule has 0 N–H and O–H groups in total.